The molecule has 2 fully saturated rings. The third-order valence-electron chi connectivity index (χ3n) is 5.11. The van der Waals surface area contributed by atoms with Crippen LogP contribution < -0.4 is 5.32 Å². The summed E-state index contributed by atoms with van der Waals surface area (Å²) in [6, 6.07) is 6.99. The fraction of sp³-hybridized carbons (Fsp3) is 0.765. The fourth-order valence-corrected chi connectivity index (χ4v) is 4.42. The van der Waals surface area contributed by atoms with E-state index in [0.29, 0.717) is 6.04 Å². The summed E-state index contributed by atoms with van der Waals surface area (Å²) in [7, 11) is 0. The van der Waals surface area contributed by atoms with Crippen LogP contribution in [0.1, 0.15) is 51.7 Å². The van der Waals surface area contributed by atoms with Gasteiger partial charge in [0.2, 0.25) is 0 Å². The van der Waals surface area contributed by atoms with Crippen LogP contribution in [0.25, 0.3) is 0 Å². The van der Waals surface area contributed by atoms with Gasteiger partial charge in [-0.2, -0.15) is 0 Å². The van der Waals surface area contributed by atoms with Crippen molar-refractivity contribution in [2.24, 2.45) is 0 Å². The zero-order valence-electron chi connectivity index (χ0n) is 12.8. The van der Waals surface area contributed by atoms with Gasteiger partial charge in [-0.3, -0.25) is 4.90 Å². The quantitative estimate of drug-likeness (QED) is 0.895. The van der Waals surface area contributed by atoms with Crippen LogP contribution in [-0.2, 0) is 6.42 Å². The summed E-state index contributed by atoms with van der Waals surface area (Å²) >= 11 is 0. The predicted octanol–water partition coefficient (Wildman–Crippen LogP) is 3.21. The molecular formula is C17H28N2O. The van der Waals surface area contributed by atoms with Crippen LogP contribution in [0.4, 0.5) is 0 Å². The fourth-order valence-electron chi connectivity index (χ4n) is 4.42. The smallest absolute Gasteiger partial charge is 0.105 e. The van der Waals surface area contributed by atoms with Crippen LogP contribution in [0.5, 0.6) is 0 Å². The maximum atomic E-state index is 5.54. The molecule has 3 heteroatoms. The maximum absolute atomic E-state index is 5.54. The Kier molecular flexibility index (Phi) is 4.47. The Morgan fingerprint density at radius 2 is 2.10 bits per heavy atom. The Balaban J connectivity index is 1.66. The average Bonchev–Trinajstić information content (AvgIpc) is 2.90. The molecule has 2 bridgehead atoms. The van der Waals surface area contributed by atoms with Gasteiger partial charge in [0.05, 0.1) is 6.26 Å². The van der Waals surface area contributed by atoms with Gasteiger partial charge in [0, 0.05) is 30.6 Å². The van der Waals surface area contributed by atoms with Gasteiger partial charge in [0.15, 0.2) is 0 Å². The van der Waals surface area contributed by atoms with E-state index in [1.54, 1.807) is 6.26 Å². The zero-order valence-corrected chi connectivity index (χ0v) is 12.8. The maximum Gasteiger partial charge on any atom is 0.105 e. The van der Waals surface area contributed by atoms with E-state index in [-0.39, 0.29) is 0 Å². The Labute approximate surface area is 122 Å². The molecule has 0 saturated carbocycles. The monoisotopic (exact) mass is 276 g/mol. The van der Waals surface area contributed by atoms with Crippen LogP contribution in [0.3, 0.4) is 0 Å². The van der Waals surface area contributed by atoms with E-state index in [0.717, 1.165) is 36.9 Å². The number of piperidine rings is 2. The second kappa shape index (κ2) is 6.31. The minimum absolute atomic E-state index is 0.596. The van der Waals surface area contributed by atoms with E-state index < -0.39 is 0 Å². The molecule has 0 radical (unpaired) electrons. The number of hydrogen-bond acceptors (Lipinski definition) is 3. The summed E-state index contributed by atoms with van der Waals surface area (Å²) in [6.07, 6.45) is 9.66. The van der Waals surface area contributed by atoms with Crippen molar-refractivity contribution in [2.75, 3.05) is 6.54 Å². The molecule has 3 heterocycles. The molecule has 2 saturated heterocycles. The Bertz CT molecular complexity index is 389. The Morgan fingerprint density at radius 1 is 1.35 bits per heavy atom. The second-order valence-electron chi connectivity index (χ2n) is 6.54. The highest BCUT2D eigenvalue weighted by molar-refractivity contribution is 5.03. The number of hydrogen-bond donors (Lipinski definition) is 1. The third kappa shape index (κ3) is 2.94. The zero-order chi connectivity index (χ0) is 13.9. The summed E-state index contributed by atoms with van der Waals surface area (Å²) < 4.78 is 5.54. The lowest BCUT2D eigenvalue weighted by atomic mass is 9.80. The van der Waals surface area contributed by atoms with Crippen LogP contribution in [0.2, 0.25) is 0 Å². The first-order valence-corrected chi connectivity index (χ1v) is 8.31. The number of fused-ring (bicyclic) bond motifs is 2. The number of nitrogens with one attached hydrogen (secondary N) is 1. The third-order valence-corrected chi connectivity index (χ3v) is 5.11. The molecule has 20 heavy (non-hydrogen) atoms. The first kappa shape index (κ1) is 14.2. The summed E-state index contributed by atoms with van der Waals surface area (Å²) in [6.45, 7) is 5.70. The van der Waals surface area contributed by atoms with Gasteiger partial charge < -0.3 is 9.73 Å². The molecule has 0 amide bonds. The first-order chi connectivity index (χ1) is 9.78. The lowest BCUT2D eigenvalue weighted by Gasteiger charge is -2.51. The largest absolute Gasteiger partial charge is 0.469 e. The second-order valence-corrected chi connectivity index (χ2v) is 6.54. The van der Waals surface area contributed by atoms with Crippen LogP contribution in [0.15, 0.2) is 22.8 Å². The minimum atomic E-state index is 0.596. The van der Waals surface area contributed by atoms with Gasteiger partial charge in [0.25, 0.3) is 0 Å². The lowest BCUT2D eigenvalue weighted by molar-refractivity contribution is -0.00616. The highest BCUT2D eigenvalue weighted by Crippen LogP contribution is 2.36. The van der Waals surface area contributed by atoms with E-state index in [4.69, 9.17) is 4.42 Å². The van der Waals surface area contributed by atoms with Crippen LogP contribution in [-0.4, -0.2) is 35.6 Å². The highest BCUT2D eigenvalue weighted by atomic mass is 16.3. The highest BCUT2D eigenvalue weighted by Gasteiger charge is 2.40. The molecule has 3 rings (SSSR count). The van der Waals surface area contributed by atoms with Crippen molar-refractivity contribution in [1.29, 1.82) is 0 Å². The van der Waals surface area contributed by atoms with E-state index >= 15 is 0 Å². The molecule has 1 N–H and O–H groups in total. The predicted molar refractivity (Wildman–Crippen MR) is 81.8 cm³/mol. The number of furan rings is 1. The summed E-state index contributed by atoms with van der Waals surface area (Å²) in [4.78, 5) is 2.81. The standard InChI is InChI=1S/C17H28N2O/c1-3-18-14-11-15-6-4-7-16(12-14)19(15)13(2)10-17-8-5-9-20-17/h5,8-9,13-16,18H,3-4,6-7,10-12H2,1-2H3. The number of nitrogens with zero attached hydrogens (tertiary/aromatic N) is 1. The van der Waals surface area contributed by atoms with Gasteiger partial charge >= 0.3 is 0 Å². The summed E-state index contributed by atoms with van der Waals surface area (Å²) in [5.41, 5.74) is 0. The van der Waals surface area contributed by atoms with Crippen molar-refractivity contribution < 1.29 is 4.42 Å². The van der Waals surface area contributed by atoms with Crippen LogP contribution in [0, 0.1) is 0 Å². The minimum Gasteiger partial charge on any atom is -0.469 e. The topological polar surface area (TPSA) is 28.4 Å². The molecule has 3 unspecified atom stereocenters. The molecule has 0 aliphatic carbocycles. The molecule has 1 aromatic heterocycles. The summed E-state index contributed by atoms with van der Waals surface area (Å²) in [5.74, 6) is 1.13. The van der Waals surface area contributed by atoms with Gasteiger partial charge in [-0.05, 0) is 51.3 Å². The first-order valence-electron chi connectivity index (χ1n) is 8.31. The molecule has 2 aliphatic rings. The molecule has 1 aromatic rings. The normalized spacial score (nSPS) is 32.2. The molecule has 2 aliphatic heterocycles. The Morgan fingerprint density at radius 3 is 2.70 bits per heavy atom. The van der Waals surface area contributed by atoms with Gasteiger partial charge in [-0.25, -0.2) is 0 Å². The van der Waals surface area contributed by atoms with Crippen molar-refractivity contribution in [3.05, 3.63) is 24.2 Å². The van der Waals surface area contributed by atoms with Gasteiger partial charge in [-0.1, -0.05) is 13.3 Å². The van der Waals surface area contributed by atoms with E-state index in [1.165, 1.54) is 32.1 Å². The summed E-state index contributed by atoms with van der Waals surface area (Å²) in [5, 5.41) is 3.67. The number of rotatable bonds is 5. The van der Waals surface area contributed by atoms with Crippen molar-refractivity contribution in [3.8, 4) is 0 Å². The molecule has 0 spiro atoms. The van der Waals surface area contributed by atoms with Crippen molar-refractivity contribution in [1.82, 2.24) is 10.2 Å². The molecule has 3 atom stereocenters. The average molecular weight is 276 g/mol. The van der Waals surface area contributed by atoms with Gasteiger partial charge in [0.1, 0.15) is 5.76 Å². The Hall–Kier alpha value is -0.800. The molecule has 3 nitrogen and oxygen atoms in total. The molecule has 0 aromatic carbocycles. The van der Waals surface area contributed by atoms with E-state index in [2.05, 4.69) is 30.1 Å². The molecular weight excluding hydrogens is 248 g/mol. The van der Waals surface area contributed by atoms with Crippen molar-refractivity contribution >= 4 is 0 Å². The van der Waals surface area contributed by atoms with E-state index in [1.807, 2.05) is 6.07 Å². The SMILES string of the molecule is CCNC1CC2CCCC(C1)N2C(C)Cc1ccco1. The van der Waals surface area contributed by atoms with Crippen molar-refractivity contribution in [2.45, 2.75) is 76.5 Å². The van der Waals surface area contributed by atoms with Crippen molar-refractivity contribution in [3.63, 3.8) is 0 Å². The lowest BCUT2D eigenvalue weighted by Crippen LogP contribution is -2.59. The van der Waals surface area contributed by atoms with Crippen LogP contribution >= 0.6 is 0 Å². The molecule has 112 valence electrons. The van der Waals surface area contributed by atoms with E-state index in [9.17, 15) is 0 Å². The van der Waals surface area contributed by atoms with Gasteiger partial charge in [-0.15, -0.1) is 0 Å².